The molecule has 2 saturated heterocycles. The van der Waals surface area contributed by atoms with Crippen molar-refractivity contribution in [2.24, 2.45) is 5.92 Å². The summed E-state index contributed by atoms with van der Waals surface area (Å²) in [5.74, 6) is 3.51. The van der Waals surface area contributed by atoms with Gasteiger partial charge in [0.15, 0.2) is 0 Å². The Morgan fingerprint density at radius 3 is 2.60 bits per heavy atom. The summed E-state index contributed by atoms with van der Waals surface area (Å²) in [6, 6.07) is 1.40. The molecule has 2 nitrogen and oxygen atoms in total. The zero-order valence-electron chi connectivity index (χ0n) is 13.0. The zero-order chi connectivity index (χ0) is 13.8. The van der Waals surface area contributed by atoms with E-state index in [0.717, 1.165) is 12.5 Å². The lowest BCUT2D eigenvalue weighted by molar-refractivity contribution is -0.0947. The van der Waals surface area contributed by atoms with E-state index in [1.165, 1.54) is 69.3 Å². The molecule has 3 aliphatic rings. The average molecular weight is 298 g/mol. The summed E-state index contributed by atoms with van der Waals surface area (Å²) in [6.45, 7) is 3.40. The first-order valence-corrected chi connectivity index (χ1v) is 9.91. The van der Waals surface area contributed by atoms with Crippen molar-refractivity contribution in [3.05, 3.63) is 0 Å². The van der Waals surface area contributed by atoms with Gasteiger partial charge in [-0.3, -0.25) is 0 Å². The second-order valence-corrected chi connectivity index (χ2v) is 8.41. The largest absolute Gasteiger partial charge is 0.375 e. The molecule has 20 heavy (non-hydrogen) atoms. The number of thioether (sulfide) groups is 1. The summed E-state index contributed by atoms with van der Waals surface area (Å²) in [5, 5.41) is 3.97. The standard InChI is InChI=1S/C17H31NOS/c1-14(15-5-3-2-4-6-15)18-16-7-10-19-17(13-16)8-11-20-12-9-17/h14-16,18H,2-13H2,1H3/t14-,16?/m0/s1. The molecule has 1 aliphatic carbocycles. The number of ether oxygens (including phenoxy) is 1. The van der Waals surface area contributed by atoms with Crippen LogP contribution in [0.3, 0.4) is 0 Å². The summed E-state index contributed by atoms with van der Waals surface area (Å²) >= 11 is 2.10. The highest BCUT2D eigenvalue weighted by Crippen LogP contribution is 2.38. The van der Waals surface area contributed by atoms with Gasteiger partial charge in [0.1, 0.15) is 0 Å². The van der Waals surface area contributed by atoms with Gasteiger partial charge in [-0.25, -0.2) is 0 Å². The molecule has 1 N–H and O–H groups in total. The van der Waals surface area contributed by atoms with Gasteiger partial charge in [-0.1, -0.05) is 19.3 Å². The fourth-order valence-corrected chi connectivity index (χ4v) is 5.64. The van der Waals surface area contributed by atoms with Crippen LogP contribution in [-0.4, -0.2) is 35.8 Å². The Hall–Kier alpha value is 0.270. The first kappa shape index (κ1) is 15.2. The second-order valence-electron chi connectivity index (χ2n) is 7.19. The number of hydrogen-bond acceptors (Lipinski definition) is 3. The highest BCUT2D eigenvalue weighted by molar-refractivity contribution is 7.99. The predicted molar refractivity (Wildman–Crippen MR) is 87.4 cm³/mol. The number of rotatable bonds is 3. The molecule has 0 aromatic heterocycles. The van der Waals surface area contributed by atoms with Crippen LogP contribution in [0, 0.1) is 5.92 Å². The van der Waals surface area contributed by atoms with Crippen LogP contribution >= 0.6 is 11.8 Å². The van der Waals surface area contributed by atoms with Crippen LogP contribution < -0.4 is 5.32 Å². The lowest BCUT2D eigenvalue weighted by Gasteiger charge is -2.44. The molecule has 1 spiro atoms. The second kappa shape index (κ2) is 7.02. The van der Waals surface area contributed by atoms with Crippen molar-refractivity contribution in [2.75, 3.05) is 18.1 Å². The van der Waals surface area contributed by atoms with Gasteiger partial charge in [0.2, 0.25) is 0 Å². The Bertz CT molecular complexity index is 292. The third-order valence-corrected chi connectivity index (χ3v) is 6.74. The molecule has 3 fully saturated rings. The Kier molecular flexibility index (Phi) is 5.33. The van der Waals surface area contributed by atoms with Crippen LogP contribution in [0.5, 0.6) is 0 Å². The van der Waals surface area contributed by atoms with Gasteiger partial charge in [-0.15, -0.1) is 0 Å². The monoisotopic (exact) mass is 297 g/mol. The van der Waals surface area contributed by atoms with Crippen LogP contribution in [0.15, 0.2) is 0 Å². The van der Waals surface area contributed by atoms with Crippen molar-refractivity contribution in [1.82, 2.24) is 5.32 Å². The maximum Gasteiger partial charge on any atom is 0.0713 e. The fourth-order valence-electron chi connectivity index (χ4n) is 4.40. The molecule has 0 bridgehead atoms. The molecule has 1 unspecified atom stereocenters. The molecular formula is C17H31NOS. The summed E-state index contributed by atoms with van der Waals surface area (Å²) < 4.78 is 6.21. The minimum Gasteiger partial charge on any atom is -0.375 e. The van der Waals surface area contributed by atoms with Crippen LogP contribution in [0.1, 0.15) is 64.7 Å². The smallest absolute Gasteiger partial charge is 0.0713 e. The SMILES string of the molecule is C[C@H](NC1CCOC2(CCSCC2)C1)C1CCCCC1. The molecule has 3 rings (SSSR count). The zero-order valence-corrected chi connectivity index (χ0v) is 13.9. The molecule has 0 radical (unpaired) electrons. The summed E-state index contributed by atoms with van der Waals surface area (Å²) in [7, 11) is 0. The van der Waals surface area contributed by atoms with Crippen molar-refractivity contribution >= 4 is 11.8 Å². The van der Waals surface area contributed by atoms with Crippen molar-refractivity contribution in [3.8, 4) is 0 Å². The quantitative estimate of drug-likeness (QED) is 0.851. The van der Waals surface area contributed by atoms with Crippen LogP contribution in [0.4, 0.5) is 0 Å². The summed E-state index contributed by atoms with van der Waals surface area (Å²) in [4.78, 5) is 0. The summed E-state index contributed by atoms with van der Waals surface area (Å²) in [6.07, 6.45) is 12.3. The van der Waals surface area contributed by atoms with Crippen LogP contribution in [0.2, 0.25) is 0 Å². The van der Waals surface area contributed by atoms with Crippen molar-refractivity contribution in [3.63, 3.8) is 0 Å². The van der Waals surface area contributed by atoms with Crippen molar-refractivity contribution in [1.29, 1.82) is 0 Å². The topological polar surface area (TPSA) is 21.3 Å². The molecule has 0 amide bonds. The van der Waals surface area contributed by atoms with E-state index in [2.05, 4.69) is 24.0 Å². The number of hydrogen-bond donors (Lipinski definition) is 1. The van der Waals surface area contributed by atoms with Gasteiger partial charge >= 0.3 is 0 Å². The van der Waals surface area contributed by atoms with E-state index in [-0.39, 0.29) is 5.60 Å². The summed E-state index contributed by atoms with van der Waals surface area (Å²) in [5.41, 5.74) is 0.230. The highest BCUT2D eigenvalue weighted by Gasteiger charge is 2.39. The first-order valence-electron chi connectivity index (χ1n) is 8.75. The first-order chi connectivity index (χ1) is 9.77. The fraction of sp³-hybridized carbons (Fsp3) is 1.00. The molecule has 0 aromatic rings. The van der Waals surface area contributed by atoms with Gasteiger partial charge < -0.3 is 10.1 Å². The number of nitrogens with one attached hydrogen (secondary N) is 1. The van der Waals surface area contributed by atoms with Gasteiger partial charge in [0.05, 0.1) is 5.60 Å². The van der Waals surface area contributed by atoms with Gasteiger partial charge in [-0.05, 0) is 62.9 Å². The molecule has 116 valence electrons. The van der Waals surface area contributed by atoms with E-state index in [9.17, 15) is 0 Å². The average Bonchev–Trinajstić information content (AvgIpc) is 2.49. The lowest BCUT2D eigenvalue weighted by atomic mass is 9.82. The van der Waals surface area contributed by atoms with Gasteiger partial charge in [0, 0.05) is 18.7 Å². The Balaban J connectivity index is 1.51. The molecule has 0 aromatic carbocycles. The van der Waals surface area contributed by atoms with Crippen molar-refractivity contribution < 1.29 is 4.74 Å². The molecule has 2 heterocycles. The Morgan fingerprint density at radius 1 is 1.10 bits per heavy atom. The third kappa shape index (κ3) is 3.72. The maximum absolute atomic E-state index is 6.21. The molecule has 1 saturated carbocycles. The predicted octanol–water partition coefficient (Wildman–Crippen LogP) is 3.99. The molecular weight excluding hydrogens is 266 g/mol. The van der Waals surface area contributed by atoms with Crippen LogP contribution in [0.25, 0.3) is 0 Å². The van der Waals surface area contributed by atoms with Gasteiger partial charge in [0.25, 0.3) is 0 Å². The molecule has 2 aliphatic heterocycles. The Morgan fingerprint density at radius 2 is 1.85 bits per heavy atom. The van der Waals surface area contributed by atoms with E-state index < -0.39 is 0 Å². The van der Waals surface area contributed by atoms with Crippen LogP contribution in [-0.2, 0) is 4.74 Å². The van der Waals surface area contributed by atoms with E-state index >= 15 is 0 Å². The highest BCUT2D eigenvalue weighted by atomic mass is 32.2. The van der Waals surface area contributed by atoms with E-state index in [4.69, 9.17) is 4.74 Å². The van der Waals surface area contributed by atoms with Gasteiger partial charge in [-0.2, -0.15) is 11.8 Å². The van der Waals surface area contributed by atoms with E-state index in [0.29, 0.717) is 12.1 Å². The lowest BCUT2D eigenvalue weighted by Crippen LogP contribution is -2.51. The van der Waals surface area contributed by atoms with Crippen molar-refractivity contribution in [2.45, 2.75) is 82.4 Å². The minimum atomic E-state index is 0.230. The minimum absolute atomic E-state index is 0.230. The van der Waals surface area contributed by atoms with E-state index in [1.54, 1.807) is 0 Å². The normalized spacial score (nSPS) is 33.1. The molecule has 3 heteroatoms. The van der Waals surface area contributed by atoms with E-state index in [1.807, 2.05) is 0 Å². The third-order valence-electron chi connectivity index (χ3n) is 5.75. The molecule has 2 atom stereocenters. The maximum atomic E-state index is 6.21. The Labute approximate surface area is 128 Å².